The van der Waals surface area contributed by atoms with Crippen molar-refractivity contribution in [3.63, 3.8) is 0 Å². The third kappa shape index (κ3) is 4.43. The molecule has 3 aromatic rings. The smallest absolute Gasteiger partial charge is 0.234 e. The molecule has 2 aromatic carbocycles. The Kier molecular flexibility index (Phi) is 5.44. The SMILES string of the molecule is Cc1ccc(F)cc1NC(=O)CSc1nnnn1-c1ccc(Br)cc1. The normalized spacial score (nSPS) is 10.7. The number of carbonyl (C=O) groups excluding carboxylic acids is 1. The Hall–Kier alpha value is -2.26. The zero-order valence-corrected chi connectivity index (χ0v) is 15.5. The van der Waals surface area contributed by atoms with Gasteiger partial charge >= 0.3 is 0 Å². The first-order chi connectivity index (χ1) is 12.0. The van der Waals surface area contributed by atoms with Crippen LogP contribution in [-0.4, -0.2) is 31.9 Å². The summed E-state index contributed by atoms with van der Waals surface area (Å²) in [6, 6.07) is 11.7. The van der Waals surface area contributed by atoms with Crippen molar-refractivity contribution < 1.29 is 9.18 Å². The lowest BCUT2D eigenvalue weighted by Gasteiger charge is -2.08. The van der Waals surface area contributed by atoms with Crippen LogP contribution in [0.15, 0.2) is 52.1 Å². The molecule has 0 saturated carbocycles. The number of benzene rings is 2. The summed E-state index contributed by atoms with van der Waals surface area (Å²) in [6.45, 7) is 1.80. The molecule has 0 aliphatic carbocycles. The van der Waals surface area contributed by atoms with E-state index in [-0.39, 0.29) is 11.7 Å². The van der Waals surface area contributed by atoms with Crippen molar-refractivity contribution in [1.29, 1.82) is 0 Å². The standard InChI is InChI=1S/C16H13BrFN5OS/c1-10-2-5-12(18)8-14(10)19-15(24)9-25-16-20-21-22-23(16)13-6-3-11(17)4-7-13/h2-8H,9H2,1H3,(H,19,24). The zero-order valence-electron chi connectivity index (χ0n) is 13.1. The molecular formula is C16H13BrFN5OS. The van der Waals surface area contributed by atoms with Gasteiger partial charge in [-0.3, -0.25) is 4.79 Å². The lowest BCUT2D eigenvalue weighted by Crippen LogP contribution is -2.15. The number of hydrogen-bond acceptors (Lipinski definition) is 5. The van der Waals surface area contributed by atoms with Crippen LogP contribution in [0.4, 0.5) is 10.1 Å². The molecule has 0 bridgehead atoms. The number of hydrogen-bond donors (Lipinski definition) is 1. The molecule has 0 unspecified atom stereocenters. The van der Waals surface area contributed by atoms with Gasteiger partial charge in [0.25, 0.3) is 0 Å². The molecule has 0 aliphatic rings. The summed E-state index contributed by atoms with van der Waals surface area (Å²) in [4.78, 5) is 12.1. The second kappa shape index (κ2) is 7.75. The van der Waals surface area contributed by atoms with Crippen molar-refractivity contribution in [1.82, 2.24) is 20.2 Å². The molecule has 3 rings (SSSR count). The molecule has 6 nitrogen and oxygen atoms in total. The predicted octanol–water partition coefficient (Wildman–Crippen LogP) is 3.60. The number of nitrogens with one attached hydrogen (secondary N) is 1. The minimum absolute atomic E-state index is 0.104. The number of tetrazole rings is 1. The van der Waals surface area contributed by atoms with Gasteiger partial charge in [-0.25, -0.2) is 4.39 Å². The minimum atomic E-state index is -0.396. The Morgan fingerprint density at radius 3 is 2.80 bits per heavy atom. The number of anilines is 1. The Balaban J connectivity index is 1.66. The molecule has 0 aliphatic heterocycles. The van der Waals surface area contributed by atoms with Crippen molar-refractivity contribution in [2.75, 3.05) is 11.1 Å². The fourth-order valence-corrected chi connectivity index (χ4v) is 3.01. The highest BCUT2D eigenvalue weighted by Gasteiger charge is 2.12. The maximum Gasteiger partial charge on any atom is 0.234 e. The fourth-order valence-electron chi connectivity index (χ4n) is 2.06. The Labute approximate surface area is 155 Å². The largest absolute Gasteiger partial charge is 0.325 e. The molecule has 0 spiro atoms. The fraction of sp³-hybridized carbons (Fsp3) is 0.125. The van der Waals surface area contributed by atoms with Gasteiger partial charge in [-0.2, -0.15) is 4.68 Å². The summed E-state index contributed by atoms with van der Waals surface area (Å²) in [5, 5.41) is 14.7. The molecule has 128 valence electrons. The number of amides is 1. The zero-order chi connectivity index (χ0) is 17.8. The summed E-state index contributed by atoms with van der Waals surface area (Å²) in [5.41, 5.74) is 2.04. The van der Waals surface area contributed by atoms with Gasteiger partial charge in [-0.1, -0.05) is 33.8 Å². The van der Waals surface area contributed by atoms with Gasteiger partial charge < -0.3 is 5.32 Å². The van der Waals surface area contributed by atoms with Gasteiger partial charge in [-0.15, -0.1) is 5.10 Å². The molecule has 0 fully saturated rings. The molecule has 1 heterocycles. The average molecular weight is 422 g/mol. The predicted molar refractivity (Wildman–Crippen MR) is 97.3 cm³/mol. The molecule has 1 aromatic heterocycles. The maximum absolute atomic E-state index is 13.3. The van der Waals surface area contributed by atoms with Crippen LogP contribution in [0.25, 0.3) is 5.69 Å². The van der Waals surface area contributed by atoms with E-state index in [1.165, 1.54) is 23.9 Å². The number of nitrogens with zero attached hydrogens (tertiary/aromatic N) is 4. The van der Waals surface area contributed by atoms with E-state index in [2.05, 4.69) is 36.8 Å². The molecule has 1 amide bonds. The van der Waals surface area contributed by atoms with Gasteiger partial charge in [0.15, 0.2) is 0 Å². The van der Waals surface area contributed by atoms with Crippen LogP contribution < -0.4 is 5.32 Å². The first-order valence-corrected chi connectivity index (χ1v) is 9.04. The van der Waals surface area contributed by atoms with E-state index in [0.29, 0.717) is 10.8 Å². The quantitative estimate of drug-likeness (QED) is 0.637. The second-order valence-corrected chi connectivity index (χ2v) is 7.00. The number of aromatic nitrogens is 4. The minimum Gasteiger partial charge on any atom is -0.325 e. The van der Waals surface area contributed by atoms with Crippen LogP contribution >= 0.6 is 27.7 Å². The molecule has 1 N–H and O–H groups in total. The highest BCUT2D eigenvalue weighted by molar-refractivity contribution is 9.10. The topological polar surface area (TPSA) is 72.7 Å². The number of aryl methyl sites for hydroxylation is 1. The van der Waals surface area contributed by atoms with Crippen LogP contribution in [-0.2, 0) is 4.79 Å². The second-order valence-electron chi connectivity index (χ2n) is 5.15. The van der Waals surface area contributed by atoms with Gasteiger partial charge in [0.2, 0.25) is 11.1 Å². The summed E-state index contributed by atoms with van der Waals surface area (Å²) in [7, 11) is 0. The number of halogens is 2. The van der Waals surface area contributed by atoms with Crippen molar-refractivity contribution in [2.24, 2.45) is 0 Å². The van der Waals surface area contributed by atoms with E-state index >= 15 is 0 Å². The summed E-state index contributed by atoms with van der Waals surface area (Å²) < 4.78 is 15.8. The van der Waals surface area contributed by atoms with E-state index in [1.54, 1.807) is 17.7 Å². The molecule has 25 heavy (non-hydrogen) atoms. The first-order valence-electron chi connectivity index (χ1n) is 7.26. The lowest BCUT2D eigenvalue weighted by molar-refractivity contribution is -0.113. The average Bonchev–Trinajstić information content (AvgIpc) is 3.05. The summed E-state index contributed by atoms with van der Waals surface area (Å²) >= 11 is 4.57. The summed E-state index contributed by atoms with van der Waals surface area (Å²) in [5.74, 6) is -0.552. The van der Waals surface area contributed by atoms with Crippen molar-refractivity contribution in [2.45, 2.75) is 12.1 Å². The van der Waals surface area contributed by atoms with E-state index in [1.807, 2.05) is 24.3 Å². The van der Waals surface area contributed by atoms with E-state index < -0.39 is 5.82 Å². The van der Waals surface area contributed by atoms with Crippen LogP contribution in [0.3, 0.4) is 0 Å². The highest BCUT2D eigenvalue weighted by Crippen LogP contribution is 2.21. The van der Waals surface area contributed by atoms with Crippen LogP contribution in [0.1, 0.15) is 5.56 Å². The summed E-state index contributed by atoms with van der Waals surface area (Å²) in [6.07, 6.45) is 0. The molecule has 9 heteroatoms. The molecule has 0 atom stereocenters. The third-order valence-electron chi connectivity index (χ3n) is 3.32. The van der Waals surface area contributed by atoms with Crippen molar-refractivity contribution in [3.8, 4) is 5.69 Å². The van der Waals surface area contributed by atoms with Gasteiger partial charge in [0.1, 0.15) is 5.82 Å². The molecule has 0 radical (unpaired) electrons. The van der Waals surface area contributed by atoms with Gasteiger partial charge in [-0.05, 0) is 59.3 Å². The maximum atomic E-state index is 13.3. The Bertz CT molecular complexity index is 900. The van der Waals surface area contributed by atoms with E-state index in [4.69, 9.17) is 0 Å². The Morgan fingerprint density at radius 1 is 1.28 bits per heavy atom. The number of thioether (sulfide) groups is 1. The van der Waals surface area contributed by atoms with Gasteiger partial charge in [0.05, 0.1) is 11.4 Å². The number of carbonyl (C=O) groups is 1. The molecule has 0 saturated heterocycles. The monoisotopic (exact) mass is 421 g/mol. The first kappa shape index (κ1) is 17.6. The van der Waals surface area contributed by atoms with Crippen LogP contribution in [0.5, 0.6) is 0 Å². The van der Waals surface area contributed by atoms with Crippen LogP contribution in [0, 0.1) is 12.7 Å². The van der Waals surface area contributed by atoms with E-state index in [9.17, 15) is 9.18 Å². The highest BCUT2D eigenvalue weighted by atomic mass is 79.9. The van der Waals surface area contributed by atoms with E-state index in [0.717, 1.165) is 15.7 Å². The Morgan fingerprint density at radius 2 is 2.04 bits per heavy atom. The number of rotatable bonds is 5. The third-order valence-corrected chi connectivity index (χ3v) is 4.77. The van der Waals surface area contributed by atoms with Crippen LogP contribution in [0.2, 0.25) is 0 Å². The van der Waals surface area contributed by atoms with Crippen molar-refractivity contribution >= 4 is 39.3 Å². The van der Waals surface area contributed by atoms with Crippen molar-refractivity contribution in [3.05, 3.63) is 58.3 Å². The molecular weight excluding hydrogens is 409 g/mol. The van der Waals surface area contributed by atoms with Gasteiger partial charge in [0, 0.05) is 10.2 Å². The lowest BCUT2D eigenvalue weighted by atomic mass is 10.2.